The number of hydrogen-bond acceptors (Lipinski definition) is 0. The van der Waals surface area contributed by atoms with Crippen molar-refractivity contribution < 1.29 is 0 Å². The van der Waals surface area contributed by atoms with Gasteiger partial charge in [-0.2, -0.15) is 0 Å². The Labute approximate surface area is 68.8 Å². The molecule has 0 spiro atoms. The zero-order valence-corrected chi connectivity index (χ0v) is 7.81. The maximum absolute atomic E-state index is 5.88. The summed E-state index contributed by atoms with van der Waals surface area (Å²) in [6.07, 6.45) is 0.972. The Kier molecular flexibility index (Phi) is 2.71. The SMILES string of the molecule is Cc1ccc(CP)cc1Cl. The summed E-state index contributed by atoms with van der Waals surface area (Å²) in [5, 5.41) is 0.861. The van der Waals surface area contributed by atoms with Crippen LogP contribution in [-0.4, -0.2) is 0 Å². The molecular weight excluding hydrogens is 163 g/mol. The van der Waals surface area contributed by atoms with E-state index in [1.54, 1.807) is 0 Å². The standard InChI is InChI=1S/C8H10ClP/c1-6-2-3-7(5-10)4-8(6)9/h2-4H,5,10H2,1H3. The lowest BCUT2D eigenvalue weighted by molar-refractivity contribution is 1.37. The fraction of sp³-hybridized carbons (Fsp3) is 0.250. The maximum atomic E-state index is 5.88. The summed E-state index contributed by atoms with van der Waals surface area (Å²) >= 11 is 5.88. The van der Waals surface area contributed by atoms with Gasteiger partial charge in [0.1, 0.15) is 0 Å². The average molecular weight is 173 g/mol. The van der Waals surface area contributed by atoms with Crippen LogP contribution < -0.4 is 0 Å². The van der Waals surface area contributed by atoms with Gasteiger partial charge in [0.2, 0.25) is 0 Å². The van der Waals surface area contributed by atoms with E-state index in [0.29, 0.717) is 0 Å². The minimum Gasteiger partial charge on any atom is -0.133 e. The second-order valence-electron chi connectivity index (χ2n) is 2.29. The molecule has 0 saturated carbocycles. The van der Waals surface area contributed by atoms with Crippen molar-refractivity contribution in [2.45, 2.75) is 13.1 Å². The van der Waals surface area contributed by atoms with Gasteiger partial charge in [0.15, 0.2) is 0 Å². The van der Waals surface area contributed by atoms with Gasteiger partial charge in [-0.15, -0.1) is 9.24 Å². The van der Waals surface area contributed by atoms with Gasteiger partial charge in [-0.1, -0.05) is 23.7 Å². The predicted molar refractivity (Wildman–Crippen MR) is 49.6 cm³/mol. The highest BCUT2D eigenvalue weighted by atomic mass is 35.5. The fourth-order valence-corrected chi connectivity index (χ4v) is 1.22. The van der Waals surface area contributed by atoms with Gasteiger partial charge in [0.25, 0.3) is 0 Å². The Morgan fingerprint density at radius 2 is 2.20 bits per heavy atom. The van der Waals surface area contributed by atoms with E-state index in [1.165, 1.54) is 5.56 Å². The smallest absolute Gasteiger partial charge is 0.0438 e. The Hall–Kier alpha value is -0.0600. The summed E-state index contributed by atoms with van der Waals surface area (Å²) in [6.45, 7) is 2.01. The van der Waals surface area contributed by atoms with Gasteiger partial charge < -0.3 is 0 Å². The molecule has 0 fully saturated rings. The first kappa shape index (κ1) is 8.04. The van der Waals surface area contributed by atoms with Gasteiger partial charge in [-0.25, -0.2) is 0 Å². The highest BCUT2D eigenvalue weighted by Gasteiger charge is 1.94. The van der Waals surface area contributed by atoms with Gasteiger partial charge in [0.05, 0.1) is 0 Å². The van der Waals surface area contributed by atoms with Crippen LogP contribution in [0, 0.1) is 6.92 Å². The van der Waals surface area contributed by atoms with E-state index < -0.39 is 0 Å². The molecule has 1 unspecified atom stereocenters. The third-order valence-electron chi connectivity index (χ3n) is 1.47. The van der Waals surface area contributed by atoms with Crippen molar-refractivity contribution in [1.29, 1.82) is 0 Å². The van der Waals surface area contributed by atoms with Gasteiger partial charge >= 0.3 is 0 Å². The molecule has 0 aliphatic heterocycles. The Bertz CT molecular complexity index is 233. The normalized spacial score (nSPS) is 9.90. The molecule has 1 rings (SSSR count). The molecule has 10 heavy (non-hydrogen) atoms. The van der Waals surface area contributed by atoms with Crippen molar-refractivity contribution in [2.24, 2.45) is 0 Å². The van der Waals surface area contributed by atoms with Crippen LogP contribution in [0.25, 0.3) is 0 Å². The minimum atomic E-state index is 0.861. The molecule has 2 heteroatoms. The van der Waals surface area contributed by atoms with Crippen molar-refractivity contribution in [2.75, 3.05) is 0 Å². The molecular formula is C8H10ClP. The fourth-order valence-electron chi connectivity index (χ4n) is 0.763. The molecule has 1 atom stereocenters. The molecule has 0 aliphatic carbocycles. The second kappa shape index (κ2) is 3.37. The van der Waals surface area contributed by atoms with Crippen LogP contribution in [0.15, 0.2) is 18.2 Å². The van der Waals surface area contributed by atoms with Gasteiger partial charge in [-0.05, 0) is 30.3 Å². The quantitative estimate of drug-likeness (QED) is 0.572. The van der Waals surface area contributed by atoms with Crippen LogP contribution >= 0.6 is 20.8 Å². The van der Waals surface area contributed by atoms with Gasteiger partial charge in [-0.3, -0.25) is 0 Å². The topological polar surface area (TPSA) is 0 Å². The molecule has 0 saturated heterocycles. The van der Waals surface area contributed by atoms with Crippen LogP contribution in [0.1, 0.15) is 11.1 Å². The molecule has 0 aromatic heterocycles. The monoisotopic (exact) mass is 172 g/mol. The summed E-state index contributed by atoms with van der Waals surface area (Å²) in [7, 11) is 2.67. The molecule has 1 aromatic carbocycles. The van der Waals surface area contributed by atoms with Crippen LogP contribution in [0.3, 0.4) is 0 Å². The number of hydrogen-bond donors (Lipinski definition) is 0. The average Bonchev–Trinajstić information content (AvgIpc) is 1.95. The molecule has 0 amide bonds. The van der Waals surface area contributed by atoms with Crippen molar-refractivity contribution in [3.63, 3.8) is 0 Å². The summed E-state index contributed by atoms with van der Waals surface area (Å²) in [5.74, 6) is 0. The summed E-state index contributed by atoms with van der Waals surface area (Å²) in [6, 6.07) is 6.14. The Morgan fingerprint density at radius 1 is 1.50 bits per heavy atom. The number of rotatable bonds is 1. The lowest BCUT2D eigenvalue weighted by atomic mass is 10.2. The van der Waals surface area contributed by atoms with Crippen LogP contribution in [-0.2, 0) is 6.16 Å². The molecule has 0 N–H and O–H groups in total. The van der Waals surface area contributed by atoms with Crippen molar-refractivity contribution in [3.05, 3.63) is 34.3 Å². The lowest BCUT2D eigenvalue weighted by Crippen LogP contribution is -1.79. The minimum absolute atomic E-state index is 0.861. The van der Waals surface area contributed by atoms with E-state index in [9.17, 15) is 0 Å². The van der Waals surface area contributed by atoms with Crippen LogP contribution in [0.2, 0.25) is 5.02 Å². The zero-order valence-electron chi connectivity index (χ0n) is 5.89. The molecule has 54 valence electrons. The third-order valence-corrected chi connectivity index (χ3v) is 2.35. The van der Waals surface area contributed by atoms with E-state index in [1.807, 2.05) is 19.1 Å². The first-order valence-corrected chi connectivity index (χ1v) is 4.38. The molecule has 0 nitrogen and oxygen atoms in total. The molecule has 0 radical (unpaired) electrons. The summed E-state index contributed by atoms with van der Waals surface area (Å²) in [4.78, 5) is 0. The summed E-state index contributed by atoms with van der Waals surface area (Å²) in [5.41, 5.74) is 2.41. The molecule has 1 aromatic rings. The van der Waals surface area contributed by atoms with E-state index in [-0.39, 0.29) is 0 Å². The Balaban J connectivity index is 3.04. The van der Waals surface area contributed by atoms with Crippen LogP contribution in [0.4, 0.5) is 0 Å². The molecule has 0 aliphatic rings. The largest absolute Gasteiger partial charge is 0.133 e. The Morgan fingerprint density at radius 3 is 2.70 bits per heavy atom. The van der Waals surface area contributed by atoms with Crippen molar-refractivity contribution in [1.82, 2.24) is 0 Å². The molecule has 0 bridgehead atoms. The number of aryl methyl sites for hydroxylation is 1. The second-order valence-corrected chi connectivity index (χ2v) is 3.10. The predicted octanol–water partition coefficient (Wildman–Crippen LogP) is 3.02. The summed E-state index contributed by atoms with van der Waals surface area (Å²) < 4.78 is 0. The van der Waals surface area contributed by atoms with Crippen LogP contribution in [0.5, 0.6) is 0 Å². The third kappa shape index (κ3) is 1.71. The highest BCUT2D eigenvalue weighted by Crippen LogP contribution is 2.17. The first-order chi connectivity index (χ1) is 4.74. The van der Waals surface area contributed by atoms with E-state index in [2.05, 4.69) is 15.3 Å². The van der Waals surface area contributed by atoms with E-state index in [0.717, 1.165) is 16.7 Å². The number of benzene rings is 1. The molecule has 0 heterocycles. The van der Waals surface area contributed by atoms with E-state index in [4.69, 9.17) is 11.6 Å². The van der Waals surface area contributed by atoms with E-state index >= 15 is 0 Å². The van der Waals surface area contributed by atoms with Crippen molar-refractivity contribution in [3.8, 4) is 0 Å². The maximum Gasteiger partial charge on any atom is 0.0438 e. The highest BCUT2D eigenvalue weighted by molar-refractivity contribution is 7.15. The first-order valence-electron chi connectivity index (χ1n) is 3.19. The number of halogens is 1. The zero-order chi connectivity index (χ0) is 7.56. The lowest BCUT2D eigenvalue weighted by Gasteiger charge is -1.99. The van der Waals surface area contributed by atoms with Crippen molar-refractivity contribution >= 4 is 20.8 Å². The van der Waals surface area contributed by atoms with Gasteiger partial charge in [0, 0.05) is 5.02 Å².